The van der Waals surface area contributed by atoms with Crippen LogP contribution in [0.1, 0.15) is 19.8 Å². The molecule has 1 amide bonds. The molecule has 4 atom stereocenters. The van der Waals surface area contributed by atoms with Gasteiger partial charge in [-0.2, -0.15) is 12.6 Å². The van der Waals surface area contributed by atoms with Gasteiger partial charge in [-0.1, -0.05) is 0 Å². The summed E-state index contributed by atoms with van der Waals surface area (Å²) >= 11 is 3.65. The van der Waals surface area contributed by atoms with Gasteiger partial charge in [0, 0.05) is 12.2 Å². The predicted molar refractivity (Wildman–Crippen MR) is 90.8 cm³/mol. The van der Waals surface area contributed by atoms with Crippen molar-refractivity contribution in [2.75, 3.05) is 5.75 Å². The van der Waals surface area contributed by atoms with E-state index < -0.39 is 48.0 Å². The molecular formula is C12H26N4O8S. The summed E-state index contributed by atoms with van der Waals surface area (Å²) in [6.07, 6.45) is -0.856. The molecule has 0 aromatic heterocycles. The highest BCUT2D eigenvalue weighted by molar-refractivity contribution is 7.80. The maximum Gasteiger partial charge on any atom is 0.323 e. The Labute approximate surface area is 149 Å². The molecule has 148 valence electrons. The monoisotopic (exact) mass is 386 g/mol. The number of nitrogens with two attached hydrogens (primary N) is 4. The van der Waals surface area contributed by atoms with E-state index >= 15 is 0 Å². The molecule has 0 saturated heterocycles. The van der Waals surface area contributed by atoms with Gasteiger partial charge in [-0.25, -0.2) is 0 Å². The summed E-state index contributed by atoms with van der Waals surface area (Å²) in [6.45, 7) is 1.33. The molecular weight excluding hydrogens is 360 g/mol. The number of aliphatic carboxylic acids is 3. The van der Waals surface area contributed by atoms with Gasteiger partial charge in [0.2, 0.25) is 5.91 Å². The molecule has 13 heteroatoms. The first-order chi connectivity index (χ1) is 11.3. The quantitative estimate of drug-likeness (QED) is 0.187. The van der Waals surface area contributed by atoms with E-state index in [1.165, 1.54) is 6.92 Å². The number of hydrogen-bond donors (Lipinski definition) is 9. The van der Waals surface area contributed by atoms with Crippen molar-refractivity contribution in [1.29, 1.82) is 0 Å². The van der Waals surface area contributed by atoms with Crippen molar-refractivity contribution < 1.29 is 39.6 Å². The summed E-state index contributed by atoms with van der Waals surface area (Å²) < 4.78 is 0. The normalized spacial score (nSPS) is 14.3. The van der Waals surface area contributed by atoms with Crippen LogP contribution in [0.3, 0.4) is 0 Å². The van der Waals surface area contributed by atoms with Crippen molar-refractivity contribution in [2.45, 2.75) is 44.0 Å². The average molecular weight is 386 g/mol. The second kappa shape index (κ2) is 15.6. The zero-order valence-electron chi connectivity index (χ0n) is 13.6. The van der Waals surface area contributed by atoms with Crippen LogP contribution in [0, 0.1) is 0 Å². The van der Waals surface area contributed by atoms with Crippen molar-refractivity contribution in [3.8, 4) is 0 Å². The first-order valence-corrected chi connectivity index (χ1v) is 7.43. The highest BCUT2D eigenvalue weighted by atomic mass is 32.1. The zero-order valence-corrected chi connectivity index (χ0v) is 14.5. The largest absolute Gasteiger partial charge is 0.480 e. The Balaban J connectivity index is -0.000000296. The van der Waals surface area contributed by atoms with Gasteiger partial charge in [-0.15, -0.1) is 0 Å². The van der Waals surface area contributed by atoms with Gasteiger partial charge >= 0.3 is 17.9 Å². The van der Waals surface area contributed by atoms with E-state index in [1.54, 1.807) is 0 Å². The Morgan fingerprint density at radius 1 is 0.920 bits per heavy atom. The lowest BCUT2D eigenvalue weighted by atomic mass is 10.2. The molecule has 0 saturated carbocycles. The lowest BCUT2D eigenvalue weighted by Crippen LogP contribution is -2.39. The molecule has 0 aromatic carbocycles. The third-order valence-corrected chi connectivity index (χ3v) is 2.73. The smallest absolute Gasteiger partial charge is 0.323 e. The Kier molecular flexibility index (Phi) is 17.4. The second-order valence-corrected chi connectivity index (χ2v) is 5.05. The van der Waals surface area contributed by atoms with Gasteiger partial charge in [0.1, 0.15) is 18.1 Å². The van der Waals surface area contributed by atoms with E-state index in [9.17, 15) is 19.2 Å². The number of carboxylic acid groups (broad SMARTS) is 3. The second-order valence-electron chi connectivity index (χ2n) is 4.68. The van der Waals surface area contributed by atoms with Crippen LogP contribution >= 0.6 is 12.6 Å². The molecule has 0 aromatic rings. The average Bonchev–Trinajstić information content (AvgIpc) is 2.51. The fraction of sp³-hybridized carbons (Fsp3) is 0.667. The number of carbonyl (C=O) groups excluding carboxylic acids is 1. The first kappa shape index (κ1) is 27.9. The van der Waals surface area contributed by atoms with E-state index in [1.807, 2.05) is 0 Å². The summed E-state index contributed by atoms with van der Waals surface area (Å²) in [7, 11) is 0. The predicted octanol–water partition coefficient (Wildman–Crippen LogP) is -3.23. The molecule has 0 bridgehead atoms. The topological polar surface area (TPSA) is 253 Å². The van der Waals surface area contributed by atoms with Gasteiger partial charge in [-0.05, 0) is 13.3 Å². The fourth-order valence-corrected chi connectivity index (χ4v) is 0.862. The van der Waals surface area contributed by atoms with Crippen LogP contribution < -0.4 is 22.9 Å². The first-order valence-electron chi connectivity index (χ1n) is 6.80. The number of hydrogen-bond acceptors (Lipinski definition) is 9. The Hall–Kier alpha value is -1.93. The van der Waals surface area contributed by atoms with Gasteiger partial charge in [0.25, 0.3) is 0 Å². The molecule has 0 rings (SSSR count). The third kappa shape index (κ3) is 20.0. The van der Waals surface area contributed by atoms with Crippen molar-refractivity contribution in [3.63, 3.8) is 0 Å². The lowest BCUT2D eigenvalue weighted by Gasteiger charge is -2.06. The van der Waals surface area contributed by atoms with E-state index in [4.69, 9.17) is 43.4 Å². The van der Waals surface area contributed by atoms with Crippen molar-refractivity contribution in [1.82, 2.24) is 0 Å². The highest BCUT2D eigenvalue weighted by Gasteiger charge is 2.16. The SMILES string of the molecule is C[C@@H](O)[C@H](N)C(=O)O.NC(=O)CC[C@H](N)C(=O)O.N[C@@H](CS)C(=O)O. The van der Waals surface area contributed by atoms with Crippen LogP contribution in [-0.4, -0.2) is 74.2 Å². The number of amides is 1. The van der Waals surface area contributed by atoms with Crippen molar-refractivity contribution >= 4 is 36.4 Å². The maximum absolute atomic E-state index is 10.1. The molecule has 0 spiro atoms. The maximum atomic E-state index is 10.1. The number of aliphatic hydroxyl groups is 1. The van der Waals surface area contributed by atoms with E-state index in [0.29, 0.717) is 0 Å². The molecule has 0 aliphatic carbocycles. The molecule has 0 fully saturated rings. The van der Waals surface area contributed by atoms with Gasteiger partial charge in [-0.3, -0.25) is 19.2 Å². The van der Waals surface area contributed by atoms with Gasteiger partial charge < -0.3 is 43.4 Å². The molecule has 12 nitrogen and oxygen atoms in total. The minimum atomic E-state index is -1.18. The van der Waals surface area contributed by atoms with Crippen LogP contribution in [0.4, 0.5) is 0 Å². The summed E-state index contributed by atoms with van der Waals surface area (Å²) in [5.74, 6) is -3.64. The molecule has 0 heterocycles. The third-order valence-electron chi connectivity index (χ3n) is 2.34. The molecule has 12 N–H and O–H groups in total. The lowest BCUT2D eigenvalue weighted by molar-refractivity contribution is -0.141. The van der Waals surface area contributed by atoms with Crippen molar-refractivity contribution in [3.05, 3.63) is 0 Å². The molecule has 25 heavy (non-hydrogen) atoms. The Bertz CT molecular complexity index is 435. The van der Waals surface area contributed by atoms with Crippen LogP contribution in [0.5, 0.6) is 0 Å². The standard InChI is InChI=1S/C5H10N2O3.C4H9NO3.C3H7NO2S/c6-3(5(9)10)1-2-4(7)8;1-2(6)3(5)4(7)8;4-2(1-7)3(5)6/h3H,1-2,6H2,(H2,7,8)(H,9,10);2-3,6H,5H2,1H3,(H,7,8);2,7H,1,4H2,(H,5,6)/t3-;2-,3+;2-/m010/s1. The van der Waals surface area contributed by atoms with Crippen LogP contribution in [-0.2, 0) is 19.2 Å². The molecule has 0 radical (unpaired) electrons. The zero-order chi connectivity index (χ0) is 20.7. The summed E-state index contributed by atoms with van der Waals surface area (Å²) in [5.41, 5.74) is 19.7. The van der Waals surface area contributed by atoms with Crippen LogP contribution in [0.25, 0.3) is 0 Å². The Morgan fingerprint density at radius 2 is 1.32 bits per heavy atom. The number of aliphatic hydroxyl groups excluding tert-OH is 1. The summed E-state index contributed by atoms with van der Waals surface area (Å²) in [6, 6.07) is -2.95. The number of rotatable bonds is 8. The number of carboxylic acids is 3. The number of carbonyl (C=O) groups is 4. The summed E-state index contributed by atoms with van der Waals surface area (Å²) in [5, 5.41) is 32.8. The number of thiol groups is 1. The van der Waals surface area contributed by atoms with Crippen LogP contribution in [0.2, 0.25) is 0 Å². The van der Waals surface area contributed by atoms with E-state index in [2.05, 4.69) is 12.6 Å². The minimum absolute atomic E-state index is 0.0213. The van der Waals surface area contributed by atoms with E-state index in [-0.39, 0.29) is 18.6 Å². The Morgan fingerprint density at radius 3 is 1.44 bits per heavy atom. The molecule has 0 aliphatic heterocycles. The van der Waals surface area contributed by atoms with Gasteiger partial charge in [0.05, 0.1) is 6.10 Å². The minimum Gasteiger partial charge on any atom is -0.480 e. The molecule has 0 aliphatic rings. The van der Waals surface area contributed by atoms with Gasteiger partial charge in [0.15, 0.2) is 0 Å². The molecule has 0 unspecified atom stereocenters. The number of primary amides is 1. The van der Waals surface area contributed by atoms with E-state index in [0.717, 1.165) is 0 Å². The van der Waals surface area contributed by atoms with Crippen LogP contribution in [0.15, 0.2) is 0 Å². The summed E-state index contributed by atoms with van der Waals surface area (Å²) in [4.78, 5) is 39.7. The fourth-order valence-electron chi connectivity index (χ4n) is 0.706. The van der Waals surface area contributed by atoms with Crippen molar-refractivity contribution in [2.24, 2.45) is 22.9 Å². The highest BCUT2D eigenvalue weighted by Crippen LogP contribution is 1.92.